The van der Waals surface area contributed by atoms with E-state index in [-0.39, 0.29) is 0 Å². The smallest absolute Gasteiger partial charge is 0.00367 e. The molecule has 0 atom stereocenters. The molecular formula is C10H15NS. The van der Waals surface area contributed by atoms with Gasteiger partial charge in [-0.25, -0.2) is 0 Å². The summed E-state index contributed by atoms with van der Waals surface area (Å²) >= 11 is 4.18. The van der Waals surface area contributed by atoms with Crippen LogP contribution in [0.3, 0.4) is 0 Å². The largest absolute Gasteiger partial charge is 0.330 e. The topological polar surface area (TPSA) is 26.0 Å². The van der Waals surface area contributed by atoms with Crippen LogP contribution in [0.25, 0.3) is 0 Å². The first kappa shape index (κ1) is 9.62. The number of nitrogens with two attached hydrogens (primary N) is 1. The van der Waals surface area contributed by atoms with Crippen LogP contribution in [-0.2, 0) is 12.8 Å². The highest BCUT2D eigenvalue weighted by atomic mass is 32.1. The summed E-state index contributed by atoms with van der Waals surface area (Å²) in [6.45, 7) is 0.728. The van der Waals surface area contributed by atoms with Gasteiger partial charge in [0.15, 0.2) is 0 Å². The lowest BCUT2D eigenvalue weighted by Crippen LogP contribution is -2.02. The second kappa shape index (κ2) is 5.22. The van der Waals surface area contributed by atoms with Crippen molar-refractivity contribution in [1.82, 2.24) is 0 Å². The molecule has 1 rings (SSSR count). The number of rotatable bonds is 4. The zero-order valence-electron chi connectivity index (χ0n) is 7.16. The third-order valence-electron chi connectivity index (χ3n) is 1.86. The van der Waals surface area contributed by atoms with Crippen molar-refractivity contribution in [2.45, 2.75) is 12.8 Å². The van der Waals surface area contributed by atoms with Gasteiger partial charge in [-0.15, -0.1) is 0 Å². The lowest BCUT2D eigenvalue weighted by atomic mass is 10.1. The summed E-state index contributed by atoms with van der Waals surface area (Å²) in [7, 11) is 0. The summed E-state index contributed by atoms with van der Waals surface area (Å²) in [5, 5.41) is 0. The predicted octanol–water partition coefficient (Wildman–Crippen LogP) is 1.66. The van der Waals surface area contributed by atoms with Gasteiger partial charge < -0.3 is 5.73 Å². The monoisotopic (exact) mass is 181 g/mol. The molecule has 0 aromatic heterocycles. The first-order valence-corrected chi connectivity index (χ1v) is 4.89. The molecule has 0 aliphatic rings. The molecule has 0 spiro atoms. The maximum atomic E-state index is 5.45. The number of hydrogen-bond acceptors (Lipinski definition) is 2. The molecule has 2 heteroatoms. The molecule has 0 fully saturated rings. The first-order chi connectivity index (χ1) is 5.86. The van der Waals surface area contributed by atoms with Crippen LogP contribution in [0, 0.1) is 0 Å². The van der Waals surface area contributed by atoms with Crippen molar-refractivity contribution in [3.63, 3.8) is 0 Å². The van der Waals surface area contributed by atoms with E-state index >= 15 is 0 Å². The second-order valence-electron chi connectivity index (χ2n) is 2.83. The Morgan fingerprint density at radius 2 is 1.50 bits per heavy atom. The quantitative estimate of drug-likeness (QED) is 0.679. The predicted molar refractivity (Wildman–Crippen MR) is 56.8 cm³/mol. The van der Waals surface area contributed by atoms with Crippen molar-refractivity contribution in [1.29, 1.82) is 0 Å². The minimum atomic E-state index is 0.728. The van der Waals surface area contributed by atoms with Crippen molar-refractivity contribution >= 4 is 12.6 Å². The van der Waals surface area contributed by atoms with E-state index in [4.69, 9.17) is 5.73 Å². The van der Waals surface area contributed by atoms with Gasteiger partial charge in [0, 0.05) is 0 Å². The van der Waals surface area contributed by atoms with Gasteiger partial charge in [-0.05, 0) is 36.3 Å². The van der Waals surface area contributed by atoms with Gasteiger partial charge in [0.1, 0.15) is 0 Å². The molecule has 1 nitrogen and oxygen atoms in total. The van der Waals surface area contributed by atoms with Crippen molar-refractivity contribution in [3.05, 3.63) is 35.4 Å². The molecule has 0 unspecified atom stereocenters. The molecule has 0 aliphatic heterocycles. The highest BCUT2D eigenvalue weighted by Gasteiger charge is 1.92. The molecule has 0 saturated carbocycles. The molecule has 1 aromatic carbocycles. The maximum Gasteiger partial charge on any atom is -0.00367 e. The third-order valence-corrected chi connectivity index (χ3v) is 2.08. The second-order valence-corrected chi connectivity index (χ2v) is 3.28. The fraction of sp³-hybridized carbons (Fsp3) is 0.400. The minimum absolute atomic E-state index is 0.728. The average Bonchev–Trinajstić information content (AvgIpc) is 2.09. The molecule has 12 heavy (non-hydrogen) atoms. The third kappa shape index (κ3) is 2.88. The van der Waals surface area contributed by atoms with Gasteiger partial charge in [-0.3, -0.25) is 0 Å². The molecule has 2 N–H and O–H groups in total. The van der Waals surface area contributed by atoms with Crippen LogP contribution >= 0.6 is 12.6 Å². The van der Waals surface area contributed by atoms with Crippen LogP contribution in [0.15, 0.2) is 24.3 Å². The highest BCUT2D eigenvalue weighted by molar-refractivity contribution is 7.80. The Hall–Kier alpha value is -0.470. The zero-order valence-corrected chi connectivity index (χ0v) is 8.06. The fourth-order valence-electron chi connectivity index (χ4n) is 1.17. The van der Waals surface area contributed by atoms with Gasteiger partial charge >= 0.3 is 0 Å². The molecule has 0 heterocycles. The Bertz CT molecular complexity index is 193. The summed E-state index contributed by atoms with van der Waals surface area (Å²) < 4.78 is 0. The van der Waals surface area contributed by atoms with E-state index < -0.39 is 0 Å². The zero-order chi connectivity index (χ0) is 8.81. The summed E-state index contributed by atoms with van der Waals surface area (Å²) in [5.74, 6) is 0.913. The molecule has 0 aliphatic carbocycles. The van der Waals surface area contributed by atoms with Gasteiger partial charge in [0.2, 0.25) is 0 Å². The van der Waals surface area contributed by atoms with Crippen LogP contribution in [0.4, 0.5) is 0 Å². The van der Waals surface area contributed by atoms with E-state index in [1.54, 1.807) is 0 Å². The summed E-state index contributed by atoms with van der Waals surface area (Å²) in [6.07, 6.45) is 2.02. The minimum Gasteiger partial charge on any atom is -0.330 e. The summed E-state index contributed by atoms with van der Waals surface area (Å²) in [6, 6.07) is 8.60. The van der Waals surface area contributed by atoms with Crippen molar-refractivity contribution in [3.8, 4) is 0 Å². The van der Waals surface area contributed by atoms with Crippen molar-refractivity contribution in [2.75, 3.05) is 12.3 Å². The van der Waals surface area contributed by atoms with Gasteiger partial charge in [0.05, 0.1) is 0 Å². The molecule has 66 valence electrons. The van der Waals surface area contributed by atoms with E-state index in [9.17, 15) is 0 Å². The SMILES string of the molecule is NCCc1ccc(CCS)cc1. The van der Waals surface area contributed by atoms with E-state index in [0.717, 1.165) is 25.1 Å². The van der Waals surface area contributed by atoms with Crippen LogP contribution < -0.4 is 5.73 Å². The molecule has 1 aromatic rings. The van der Waals surface area contributed by atoms with Crippen molar-refractivity contribution in [2.24, 2.45) is 5.73 Å². The van der Waals surface area contributed by atoms with E-state index in [1.807, 2.05) is 0 Å². The highest BCUT2D eigenvalue weighted by Crippen LogP contribution is 2.05. The lowest BCUT2D eigenvalue weighted by molar-refractivity contribution is 0.966. The first-order valence-electron chi connectivity index (χ1n) is 4.25. The maximum absolute atomic E-state index is 5.45. The van der Waals surface area contributed by atoms with Crippen LogP contribution in [-0.4, -0.2) is 12.3 Å². The molecular weight excluding hydrogens is 166 g/mol. The average molecular weight is 181 g/mol. The molecule has 0 saturated heterocycles. The standard InChI is InChI=1S/C10H15NS/c11-7-5-9-1-3-10(4-2-9)6-8-12/h1-4,12H,5-8,11H2. The van der Waals surface area contributed by atoms with Gasteiger partial charge in [-0.2, -0.15) is 12.6 Å². The van der Waals surface area contributed by atoms with Crippen LogP contribution in [0.1, 0.15) is 11.1 Å². The number of thiol groups is 1. The number of aryl methyl sites for hydroxylation is 1. The van der Waals surface area contributed by atoms with Crippen molar-refractivity contribution < 1.29 is 0 Å². The Balaban J connectivity index is 2.58. The Kier molecular flexibility index (Phi) is 4.19. The van der Waals surface area contributed by atoms with Gasteiger partial charge in [-0.1, -0.05) is 24.3 Å². The number of hydrogen-bond donors (Lipinski definition) is 2. The fourth-order valence-corrected chi connectivity index (χ4v) is 1.43. The summed E-state index contributed by atoms with van der Waals surface area (Å²) in [5.41, 5.74) is 8.12. The number of benzene rings is 1. The van der Waals surface area contributed by atoms with Crippen LogP contribution in [0.2, 0.25) is 0 Å². The Morgan fingerprint density at radius 1 is 1.00 bits per heavy atom. The molecule has 0 bridgehead atoms. The molecule has 0 radical (unpaired) electrons. The lowest BCUT2D eigenvalue weighted by Gasteiger charge is -2.00. The van der Waals surface area contributed by atoms with E-state index in [2.05, 4.69) is 36.9 Å². The summed E-state index contributed by atoms with van der Waals surface area (Å²) in [4.78, 5) is 0. The Morgan fingerprint density at radius 3 is 1.92 bits per heavy atom. The Labute approximate surface area is 79.4 Å². The van der Waals surface area contributed by atoms with Gasteiger partial charge in [0.25, 0.3) is 0 Å². The van der Waals surface area contributed by atoms with Crippen LogP contribution in [0.5, 0.6) is 0 Å². The normalized spacial score (nSPS) is 10.2. The molecule has 0 amide bonds. The van der Waals surface area contributed by atoms with E-state index in [0.29, 0.717) is 0 Å². The van der Waals surface area contributed by atoms with E-state index in [1.165, 1.54) is 11.1 Å².